The van der Waals surface area contributed by atoms with E-state index in [1.807, 2.05) is 13.8 Å². The highest BCUT2D eigenvalue weighted by molar-refractivity contribution is 9.09. The Labute approximate surface area is 264 Å². The number of hydrogen-bond acceptors (Lipinski definition) is 7. The third-order valence-corrected chi connectivity index (χ3v) is 9.57. The van der Waals surface area contributed by atoms with Crippen LogP contribution in [-0.4, -0.2) is 98.6 Å². The van der Waals surface area contributed by atoms with Crippen molar-refractivity contribution < 1.29 is 33.8 Å². The number of rotatable bonds is 14. The number of fused-ring (bicyclic) bond motifs is 1. The van der Waals surface area contributed by atoms with E-state index in [4.69, 9.17) is 9.47 Å². The minimum Gasteiger partial charge on any atom is -0.460 e. The van der Waals surface area contributed by atoms with Gasteiger partial charge in [-0.15, -0.1) is 13.2 Å². The molecule has 2 N–H and O–H groups in total. The highest BCUT2D eigenvalue weighted by atomic mass is 79.9. The normalized spacial score (nSPS) is 29.6. The Hall–Kier alpha value is -2.24. The van der Waals surface area contributed by atoms with E-state index in [0.717, 1.165) is 0 Å². The molecule has 0 aliphatic carbocycles. The van der Waals surface area contributed by atoms with Crippen LogP contribution in [0.1, 0.15) is 74.1 Å². The second kappa shape index (κ2) is 13.4. The summed E-state index contributed by atoms with van der Waals surface area (Å²) in [6, 6.07) is -1.73. The fourth-order valence-electron chi connectivity index (χ4n) is 7.38. The number of likely N-dealkylation sites (tertiary alicyclic amines) is 1. The third-order valence-electron chi connectivity index (χ3n) is 8.72. The summed E-state index contributed by atoms with van der Waals surface area (Å²) in [4.78, 5) is 57.5. The Kier molecular flexibility index (Phi) is 11.0. The van der Waals surface area contributed by atoms with Crippen LogP contribution >= 0.6 is 15.9 Å². The van der Waals surface area contributed by atoms with Gasteiger partial charge in [0.15, 0.2) is 0 Å². The van der Waals surface area contributed by atoms with Crippen LogP contribution in [-0.2, 0) is 28.7 Å². The average molecular weight is 669 g/mol. The molecule has 242 valence electrons. The molecule has 1 spiro atoms. The topological polar surface area (TPSA) is 125 Å². The van der Waals surface area contributed by atoms with E-state index in [1.54, 1.807) is 30.9 Å². The molecule has 11 heteroatoms. The fourth-order valence-corrected chi connectivity index (χ4v) is 8.32. The molecule has 0 aromatic carbocycles. The Morgan fingerprint density at radius 3 is 2.44 bits per heavy atom. The largest absolute Gasteiger partial charge is 0.460 e. The standard InChI is InChI=1S/C32H50BrN3O7/c1-10-12-13-22(38)34-16-20(4)42-29(41)23-24-27(39)36(19(3)17-37)26(32(24)15-21(33)25(23)43-32)28(40)35(14-11-2)31(8,9)18-30(5,6)7/h10-11,19-21,23-26,37H,1-2,12-18H2,3-9H3,(H,34,38)/t19-,20-,21?,23-,24+,25-,26-,32+/m1/s1. The van der Waals surface area contributed by atoms with Crippen LogP contribution in [0.15, 0.2) is 25.3 Å². The fraction of sp³-hybridized carbons (Fsp3) is 0.750. The van der Waals surface area contributed by atoms with Gasteiger partial charge in [0, 0.05) is 23.3 Å². The van der Waals surface area contributed by atoms with Gasteiger partial charge in [-0.3, -0.25) is 19.2 Å². The molecule has 3 heterocycles. The molecular formula is C32H50BrN3O7. The van der Waals surface area contributed by atoms with Gasteiger partial charge in [-0.1, -0.05) is 48.9 Å². The van der Waals surface area contributed by atoms with E-state index < -0.39 is 59.1 Å². The Balaban J connectivity index is 1.96. The number of alkyl halides is 1. The maximum Gasteiger partial charge on any atom is 0.312 e. The monoisotopic (exact) mass is 667 g/mol. The van der Waals surface area contributed by atoms with Crippen LogP contribution in [0.4, 0.5) is 0 Å². The van der Waals surface area contributed by atoms with E-state index in [0.29, 0.717) is 19.3 Å². The predicted octanol–water partition coefficient (Wildman–Crippen LogP) is 3.36. The van der Waals surface area contributed by atoms with Gasteiger partial charge in [0.1, 0.15) is 17.7 Å². The highest BCUT2D eigenvalue weighted by Crippen LogP contribution is 2.61. The van der Waals surface area contributed by atoms with Gasteiger partial charge in [0.05, 0.1) is 37.1 Å². The first-order chi connectivity index (χ1) is 20.0. The molecule has 0 aromatic rings. The average Bonchev–Trinajstić information content (AvgIpc) is 3.50. The number of carbonyl (C=O) groups excluding carboxylic acids is 4. The summed E-state index contributed by atoms with van der Waals surface area (Å²) in [7, 11) is 0. The number of hydrogen-bond donors (Lipinski definition) is 2. The zero-order valence-electron chi connectivity index (χ0n) is 26.7. The molecule has 0 saturated carbocycles. The smallest absolute Gasteiger partial charge is 0.312 e. The number of nitrogens with zero attached hydrogens (tertiary/aromatic N) is 2. The van der Waals surface area contributed by atoms with Crippen molar-refractivity contribution >= 4 is 39.6 Å². The van der Waals surface area contributed by atoms with Crippen LogP contribution in [0, 0.1) is 17.3 Å². The Bertz CT molecular complexity index is 1110. The first-order valence-electron chi connectivity index (χ1n) is 15.2. The van der Waals surface area contributed by atoms with Crippen molar-refractivity contribution in [2.75, 3.05) is 19.7 Å². The maximum absolute atomic E-state index is 14.7. The van der Waals surface area contributed by atoms with Gasteiger partial charge >= 0.3 is 5.97 Å². The molecule has 8 atom stereocenters. The number of ether oxygens (including phenoxy) is 2. The van der Waals surface area contributed by atoms with Crippen molar-refractivity contribution in [1.82, 2.24) is 15.1 Å². The quantitative estimate of drug-likeness (QED) is 0.165. The van der Waals surface area contributed by atoms with E-state index in [1.165, 1.54) is 4.90 Å². The van der Waals surface area contributed by atoms with Crippen LogP contribution in [0.25, 0.3) is 0 Å². The zero-order chi connectivity index (χ0) is 32.5. The number of esters is 1. The van der Waals surface area contributed by atoms with Gasteiger partial charge in [0.2, 0.25) is 17.7 Å². The minimum atomic E-state index is -1.28. The lowest BCUT2D eigenvalue weighted by Gasteiger charge is -2.46. The van der Waals surface area contributed by atoms with E-state index in [-0.39, 0.29) is 48.2 Å². The van der Waals surface area contributed by atoms with Crippen molar-refractivity contribution in [2.24, 2.45) is 17.3 Å². The second-order valence-corrected chi connectivity index (χ2v) is 15.3. The molecule has 2 bridgehead atoms. The van der Waals surface area contributed by atoms with Crippen molar-refractivity contribution in [3.05, 3.63) is 25.3 Å². The summed E-state index contributed by atoms with van der Waals surface area (Å²) >= 11 is 3.67. The Morgan fingerprint density at radius 2 is 1.88 bits per heavy atom. The molecule has 3 saturated heterocycles. The lowest BCUT2D eigenvalue weighted by atomic mass is 9.70. The number of aliphatic hydroxyl groups excluding tert-OH is 1. The molecule has 3 rings (SSSR count). The van der Waals surface area contributed by atoms with E-state index >= 15 is 0 Å². The number of nitrogens with one attached hydrogen (secondary N) is 1. The zero-order valence-corrected chi connectivity index (χ0v) is 28.3. The molecular weight excluding hydrogens is 618 g/mol. The second-order valence-electron chi connectivity index (χ2n) is 14.1. The summed E-state index contributed by atoms with van der Waals surface area (Å²) < 4.78 is 12.3. The van der Waals surface area contributed by atoms with Crippen LogP contribution < -0.4 is 5.32 Å². The Morgan fingerprint density at radius 1 is 1.23 bits per heavy atom. The highest BCUT2D eigenvalue weighted by Gasteiger charge is 2.77. The maximum atomic E-state index is 14.7. The van der Waals surface area contributed by atoms with E-state index in [2.05, 4.69) is 55.2 Å². The third kappa shape index (κ3) is 7.04. The van der Waals surface area contributed by atoms with Gasteiger partial charge in [-0.2, -0.15) is 0 Å². The SMILES string of the molecule is C=CCCC(=O)NC[C@@H](C)OC(=O)[C@H]1[C@@H]2O[C@@]3(CC2Br)[C@@H]1C(=O)N([C@H](C)CO)[C@@H]3C(=O)N(CC=C)C(C)(C)CC(C)(C)C. The van der Waals surface area contributed by atoms with Gasteiger partial charge in [0.25, 0.3) is 0 Å². The van der Waals surface area contributed by atoms with Crippen LogP contribution in [0.3, 0.4) is 0 Å². The van der Waals surface area contributed by atoms with Crippen molar-refractivity contribution in [2.45, 2.75) is 114 Å². The molecule has 3 aliphatic rings. The summed E-state index contributed by atoms with van der Waals surface area (Å²) in [5.41, 5.74) is -1.96. The predicted molar refractivity (Wildman–Crippen MR) is 167 cm³/mol. The molecule has 3 amide bonds. The molecule has 1 unspecified atom stereocenters. The molecule has 43 heavy (non-hydrogen) atoms. The number of aliphatic hydroxyl groups is 1. The number of halogens is 1. The van der Waals surface area contributed by atoms with Crippen molar-refractivity contribution in [1.29, 1.82) is 0 Å². The molecule has 3 fully saturated rings. The molecule has 3 aliphatic heterocycles. The molecule has 0 radical (unpaired) electrons. The molecule has 0 aromatic heterocycles. The summed E-state index contributed by atoms with van der Waals surface area (Å²) in [5.74, 6) is -3.39. The van der Waals surface area contributed by atoms with Crippen LogP contribution in [0.2, 0.25) is 0 Å². The van der Waals surface area contributed by atoms with Crippen molar-refractivity contribution in [3.8, 4) is 0 Å². The first kappa shape index (κ1) is 35.2. The van der Waals surface area contributed by atoms with E-state index in [9.17, 15) is 24.3 Å². The number of allylic oxidation sites excluding steroid dienone is 1. The van der Waals surface area contributed by atoms with Gasteiger partial charge in [-0.05, 0) is 52.4 Å². The number of amides is 3. The lowest BCUT2D eigenvalue weighted by Crippen LogP contribution is -2.62. The number of carbonyl (C=O) groups is 4. The lowest BCUT2D eigenvalue weighted by molar-refractivity contribution is -0.160. The van der Waals surface area contributed by atoms with Crippen LogP contribution in [0.5, 0.6) is 0 Å². The summed E-state index contributed by atoms with van der Waals surface area (Å²) in [6.07, 6.45) is 3.88. The van der Waals surface area contributed by atoms with Crippen molar-refractivity contribution in [3.63, 3.8) is 0 Å². The van der Waals surface area contributed by atoms with Gasteiger partial charge in [-0.25, -0.2) is 0 Å². The minimum absolute atomic E-state index is 0.0898. The first-order valence-corrected chi connectivity index (χ1v) is 16.1. The van der Waals surface area contributed by atoms with Gasteiger partial charge < -0.3 is 29.7 Å². The molecule has 10 nitrogen and oxygen atoms in total. The summed E-state index contributed by atoms with van der Waals surface area (Å²) in [6.45, 7) is 21.2. The summed E-state index contributed by atoms with van der Waals surface area (Å²) in [5, 5.41) is 12.9.